The molecule has 0 aliphatic heterocycles. The molecule has 2 rings (SSSR count). The Hall–Kier alpha value is -1.88. The minimum atomic E-state index is -1.08. The number of fused-ring (bicyclic) bond motifs is 1. The van der Waals surface area contributed by atoms with Crippen LogP contribution in [0.4, 0.5) is 0 Å². The smallest absolute Gasteiger partial charge is 0.193 e. The molecular formula is C13H12O4S. The van der Waals surface area contributed by atoms with Crippen molar-refractivity contribution in [1.82, 2.24) is 0 Å². The second kappa shape index (κ2) is 5.18. The zero-order valence-corrected chi connectivity index (χ0v) is 10.8. The highest BCUT2D eigenvalue weighted by atomic mass is 32.2. The second-order valence-electron chi connectivity index (χ2n) is 3.68. The first kappa shape index (κ1) is 12.6. The van der Waals surface area contributed by atoms with E-state index in [4.69, 9.17) is 9.15 Å². The van der Waals surface area contributed by atoms with Gasteiger partial charge in [0.2, 0.25) is 0 Å². The highest BCUT2D eigenvalue weighted by Crippen LogP contribution is 2.19. The third kappa shape index (κ3) is 2.68. The molecule has 94 valence electrons. The molecule has 0 radical (unpaired) electrons. The Morgan fingerprint density at radius 2 is 2.11 bits per heavy atom. The monoisotopic (exact) mass is 264 g/mol. The van der Waals surface area contributed by atoms with Crippen LogP contribution in [0.2, 0.25) is 0 Å². The highest BCUT2D eigenvalue weighted by molar-refractivity contribution is 7.87. The predicted molar refractivity (Wildman–Crippen MR) is 72.1 cm³/mol. The largest absolute Gasteiger partial charge is 0.497 e. The topological polar surface area (TPSA) is 56.5 Å². The fourth-order valence-corrected chi connectivity index (χ4v) is 1.85. The van der Waals surface area contributed by atoms with Crippen molar-refractivity contribution < 1.29 is 13.4 Å². The molecule has 1 heterocycles. The zero-order chi connectivity index (χ0) is 13.1. The lowest BCUT2D eigenvalue weighted by Gasteiger charge is -2.02. The Bertz CT molecular complexity index is 685. The lowest BCUT2D eigenvalue weighted by Crippen LogP contribution is -2.00. The molecule has 1 atom stereocenters. The van der Waals surface area contributed by atoms with E-state index in [0.717, 1.165) is 0 Å². The van der Waals surface area contributed by atoms with Crippen molar-refractivity contribution in [1.29, 1.82) is 0 Å². The summed E-state index contributed by atoms with van der Waals surface area (Å²) in [6.45, 7) is 0. The van der Waals surface area contributed by atoms with Gasteiger partial charge in [-0.3, -0.25) is 9.00 Å². The first-order valence-corrected chi connectivity index (χ1v) is 6.84. The summed E-state index contributed by atoms with van der Waals surface area (Å²) in [6, 6.07) is 6.39. The molecule has 0 aliphatic rings. The van der Waals surface area contributed by atoms with Crippen molar-refractivity contribution in [2.45, 2.75) is 0 Å². The maximum atomic E-state index is 11.8. The molecule has 0 amide bonds. The Morgan fingerprint density at radius 1 is 1.33 bits per heavy atom. The zero-order valence-electron chi connectivity index (χ0n) is 10.0. The average molecular weight is 264 g/mol. The second-order valence-corrected chi connectivity index (χ2v) is 4.95. The molecule has 1 unspecified atom stereocenters. The lowest BCUT2D eigenvalue weighted by atomic mass is 10.2. The van der Waals surface area contributed by atoms with Gasteiger partial charge in [0.1, 0.15) is 17.1 Å². The molecule has 0 spiro atoms. The summed E-state index contributed by atoms with van der Waals surface area (Å²) in [6.07, 6.45) is 3.06. The van der Waals surface area contributed by atoms with Crippen LogP contribution in [0.15, 0.2) is 38.9 Å². The van der Waals surface area contributed by atoms with Gasteiger partial charge in [0.05, 0.1) is 12.5 Å². The number of ether oxygens (including phenoxy) is 1. The summed E-state index contributed by atoms with van der Waals surface area (Å²) in [5.41, 5.74) is 0.309. The molecule has 5 heteroatoms. The molecule has 0 saturated heterocycles. The first-order chi connectivity index (χ1) is 8.60. The SMILES string of the molecule is COc1ccc2c(=O)cc(/C=C/S(C)=O)oc2c1. The summed E-state index contributed by atoms with van der Waals surface area (Å²) >= 11 is 0. The standard InChI is InChI=1S/C13H12O4S/c1-16-9-3-4-11-12(14)7-10(5-6-18(2)15)17-13(11)8-9/h3-8H,1-2H3/b6-5+. The van der Waals surface area contributed by atoms with E-state index in [1.54, 1.807) is 31.6 Å². The van der Waals surface area contributed by atoms with Crippen LogP contribution in [-0.2, 0) is 10.8 Å². The Balaban J connectivity index is 2.59. The molecule has 0 saturated carbocycles. The van der Waals surface area contributed by atoms with Gasteiger partial charge in [-0.25, -0.2) is 0 Å². The van der Waals surface area contributed by atoms with Crippen molar-refractivity contribution in [3.63, 3.8) is 0 Å². The average Bonchev–Trinajstić information content (AvgIpc) is 2.35. The molecule has 18 heavy (non-hydrogen) atoms. The van der Waals surface area contributed by atoms with Gasteiger partial charge in [-0.05, 0) is 18.2 Å². The van der Waals surface area contributed by atoms with E-state index in [2.05, 4.69) is 0 Å². The van der Waals surface area contributed by atoms with E-state index in [0.29, 0.717) is 22.5 Å². The maximum absolute atomic E-state index is 11.8. The number of hydrogen-bond acceptors (Lipinski definition) is 4. The van der Waals surface area contributed by atoms with Crippen LogP contribution in [0.5, 0.6) is 5.75 Å². The van der Waals surface area contributed by atoms with Crippen molar-refractivity contribution in [2.24, 2.45) is 0 Å². The molecule has 2 aromatic rings. The van der Waals surface area contributed by atoms with Gasteiger partial charge in [0.25, 0.3) is 0 Å². The molecule has 1 aromatic heterocycles. The maximum Gasteiger partial charge on any atom is 0.193 e. The fourth-order valence-electron chi connectivity index (χ4n) is 1.53. The van der Waals surface area contributed by atoms with E-state index in [9.17, 15) is 9.00 Å². The van der Waals surface area contributed by atoms with E-state index >= 15 is 0 Å². The summed E-state index contributed by atoms with van der Waals surface area (Å²) in [5.74, 6) is 0.988. The van der Waals surface area contributed by atoms with Gasteiger partial charge in [-0.2, -0.15) is 0 Å². The molecule has 0 bridgehead atoms. The highest BCUT2D eigenvalue weighted by Gasteiger charge is 2.04. The number of hydrogen-bond donors (Lipinski definition) is 0. The first-order valence-electron chi connectivity index (χ1n) is 5.22. The van der Waals surface area contributed by atoms with Crippen molar-refractivity contribution in [3.8, 4) is 5.75 Å². The van der Waals surface area contributed by atoms with E-state index in [1.807, 2.05) is 0 Å². The van der Waals surface area contributed by atoms with E-state index in [-0.39, 0.29) is 5.43 Å². The van der Waals surface area contributed by atoms with Gasteiger partial charge in [-0.1, -0.05) is 0 Å². The summed E-state index contributed by atoms with van der Waals surface area (Å²) < 4.78 is 21.6. The molecular weight excluding hydrogens is 252 g/mol. The van der Waals surface area contributed by atoms with E-state index < -0.39 is 10.8 Å². The van der Waals surface area contributed by atoms with Crippen LogP contribution >= 0.6 is 0 Å². The Labute approximate surface area is 106 Å². The van der Waals surface area contributed by atoms with Crippen LogP contribution in [0.3, 0.4) is 0 Å². The van der Waals surface area contributed by atoms with Crippen LogP contribution in [0, 0.1) is 0 Å². The molecule has 1 aromatic carbocycles. The summed E-state index contributed by atoms with van der Waals surface area (Å²) in [4.78, 5) is 11.8. The lowest BCUT2D eigenvalue weighted by molar-refractivity contribution is 0.414. The minimum absolute atomic E-state index is 0.138. The molecule has 0 aliphatic carbocycles. The van der Waals surface area contributed by atoms with Crippen molar-refractivity contribution in [3.05, 3.63) is 45.7 Å². The van der Waals surface area contributed by atoms with Gasteiger partial charge >= 0.3 is 0 Å². The molecule has 0 fully saturated rings. The van der Waals surface area contributed by atoms with Crippen molar-refractivity contribution >= 4 is 27.8 Å². The number of benzene rings is 1. The molecule has 4 nitrogen and oxygen atoms in total. The van der Waals surface area contributed by atoms with Gasteiger partial charge < -0.3 is 9.15 Å². The Kier molecular flexibility index (Phi) is 3.62. The quantitative estimate of drug-likeness (QED) is 0.852. The van der Waals surface area contributed by atoms with Gasteiger partial charge in [0, 0.05) is 34.6 Å². The van der Waals surface area contributed by atoms with Crippen LogP contribution in [0.25, 0.3) is 17.0 Å². The summed E-state index contributed by atoms with van der Waals surface area (Å²) in [5, 5.41) is 1.95. The third-order valence-corrected chi connectivity index (χ3v) is 2.90. The van der Waals surface area contributed by atoms with Crippen LogP contribution < -0.4 is 10.2 Å². The summed E-state index contributed by atoms with van der Waals surface area (Å²) in [7, 11) is 0.465. The van der Waals surface area contributed by atoms with Crippen LogP contribution in [-0.4, -0.2) is 17.6 Å². The normalized spacial score (nSPS) is 13.0. The number of rotatable bonds is 3. The van der Waals surface area contributed by atoms with Gasteiger partial charge in [0.15, 0.2) is 5.43 Å². The van der Waals surface area contributed by atoms with Gasteiger partial charge in [-0.15, -0.1) is 0 Å². The Morgan fingerprint density at radius 3 is 2.78 bits per heavy atom. The molecule has 0 N–H and O–H groups in total. The minimum Gasteiger partial charge on any atom is -0.497 e. The van der Waals surface area contributed by atoms with E-state index in [1.165, 1.54) is 17.6 Å². The third-order valence-electron chi connectivity index (χ3n) is 2.38. The van der Waals surface area contributed by atoms with Crippen LogP contribution in [0.1, 0.15) is 5.76 Å². The van der Waals surface area contributed by atoms with Crippen molar-refractivity contribution in [2.75, 3.05) is 13.4 Å². The predicted octanol–water partition coefficient (Wildman–Crippen LogP) is 2.15. The fraction of sp³-hybridized carbons (Fsp3) is 0.154. The number of methoxy groups -OCH3 is 1.